The van der Waals surface area contributed by atoms with E-state index in [1.807, 2.05) is 18.2 Å². The van der Waals surface area contributed by atoms with Crippen molar-refractivity contribution in [1.29, 1.82) is 0 Å². The molecule has 34 heavy (non-hydrogen) atoms. The summed E-state index contributed by atoms with van der Waals surface area (Å²) in [6.07, 6.45) is 1.71. The number of benzene rings is 1. The number of aliphatic hydroxyl groups excluding tert-OH is 1. The number of esters is 1. The Morgan fingerprint density at radius 2 is 2.00 bits per heavy atom. The lowest BCUT2D eigenvalue weighted by molar-refractivity contribution is -0.153. The zero-order valence-corrected chi connectivity index (χ0v) is 22.2. The number of β-lactam (4-membered cyclic amide) rings is 1. The molecule has 1 saturated heterocycles. The SMILES string of the molecule is C/C(O)=C(\C(=O)OCC(Cl)(Cl)Cl)N1C(=O)C(NC(=O)Cc2ccccc2)C1SSc1nccs1. The molecule has 1 aromatic carbocycles. The summed E-state index contributed by atoms with van der Waals surface area (Å²) < 4.78 is 3.81. The largest absolute Gasteiger partial charge is 0.510 e. The van der Waals surface area contributed by atoms with E-state index in [2.05, 4.69) is 10.3 Å². The van der Waals surface area contributed by atoms with E-state index in [9.17, 15) is 19.5 Å². The highest BCUT2D eigenvalue weighted by atomic mass is 35.6. The fraction of sp³-hybridized carbons (Fsp3) is 0.300. The molecule has 14 heteroatoms. The van der Waals surface area contributed by atoms with Gasteiger partial charge >= 0.3 is 5.97 Å². The van der Waals surface area contributed by atoms with Crippen molar-refractivity contribution in [2.45, 2.75) is 32.9 Å². The van der Waals surface area contributed by atoms with Crippen LogP contribution < -0.4 is 5.32 Å². The third-order valence-electron chi connectivity index (χ3n) is 4.34. The number of alkyl halides is 3. The van der Waals surface area contributed by atoms with Gasteiger partial charge in [-0.15, -0.1) is 11.3 Å². The minimum atomic E-state index is -1.87. The molecule has 0 bridgehead atoms. The second kappa shape index (κ2) is 11.9. The maximum atomic E-state index is 13.0. The van der Waals surface area contributed by atoms with Crippen LogP contribution in [0, 0.1) is 0 Å². The number of amides is 2. The predicted octanol–water partition coefficient (Wildman–Crippen LogP) is 4.48. The van der Waals surface area contributed by atoms with Gasteiger partial charge in [0.25, 0.3) is 5.91 Å². The number of aliphatic hydroxyl groups is 1. The number of nitrogens with zero attached hydrogens (tertiary/aromatic N) is 2. The van der Waals surface area contributed by atoms with Crippen LogP contribution in [0.5, 0.6) is 0 Å². The number of hydrogen-bond donors (Lipinski definition) is 2. The Labute approximate surface area is 222 Å². The highest BCUT2D eigenvalue weighted by Crippen LogP contribution is 2.44. The van der Waals surface area contributed by atoms with E-state index in [4.69, 9.17) is 39.5 Å². The van der Waals surface area contributed by atoms with Gasteiger partial charge in [-0.05, 0) is 23.3 Å². The molecule has 2 N–H and O–H groups in total. The Hall–Kier alpha value is -1.63. The third kappa shape index (κ3) is 7.19. The molecular weight excluding hydrogens is 565 g/mol. The van der Waals surface area contributed by atoms with Gasteiger partial charge in [0.05, 0.1) is 6.42 Å². The number of aromatic nitrogens is 1. The minimum absolute atomic E-state index is 0.0780. The van der Waals surface area contributed by atoms with Crippen LogP contribution in [0.25, 0.3) is 0 Å². The smallest absolute Gasteiger partial charge is 0.358 e. The summed E-state index contributed by atoms with van der Waals surface area (Å²) in [5.41, 5.74) is 0.386. The van der Waals surface area contributed by atoms with Crippen LogP contribution in [0.1, 0.15) is 12.5 Å². The van der Waals surface area contributed by atoms with Crippen LogP contribution in [-0.2, 0) is 25.5 Å². The summed E-state index contributed by atoms with van der Waals surface area (Å²) >= 11 is 18.3. The first-order chi connectivity index (χ1) is 16.1. The van der Waals surface area contributed by atoms with E-state index in [1.165, 1.54) is 39.8 Å². The molecule has 2 heterocycles. The molecule has 1 aliphatic rings. The molecule has 0 aliphatic carbocycles. The van der Waals surface area contributed by atoms with Gasteiger partial charge in [0.2, 0.25) is 9.70 Å². The summed E-state index contributed by atoms with van der Waals surface area (Å²) in [7, 11) is 2.47. The van der Waals surface area contributed by atoms with Gasteiger partial charge in [-0.2, -0.15) is 0 Å². The predicted molar refractivity (Wildman–Crippen MR) is 135 cm³/mol. The number of carbonyl (C=O) groups excluding carboxylic acids is 3. The fourth-order valence-electron chi connectivity index (χ4n) is 2.92. The molecule has 2 amide bonds. The first-order valence-corrected chi connectivity index (χ1v) is 13.8. The molecule has 2 aromatic rings. The lowest BCUT2D eigenvalue weighted by atomic mass is 10.0. The van der Waals surface area contributed by atoms with E-state index in [-0.39, 0.29) is 12.3 Å². The Bertz CT molecular complexity index is 1060. The third-order valence-corrected chi connectivity index (χ3v) is 8.46. The molecule has 182 valence electrons. The van der Waals surface area contributed by atoms with Crippen molar-refractivity contribution < 1.29 is 24.2 Å². The number of hydrogen-bond acceptors (Lipinski definition) is 9. The second-order valence-corrected chi connectivity index (χ2v) is 12.9. The Balaban J connectivity index is 1.77. The molecule has 3 rings (SSSR count). The summed E-state index contributed by atoms with van der Waals surface area (Å²) in [5.74, 6) is -2.45. The van der Waals surface area contributed by atoms with Crippen molar-refractivity contribution in [3.63, 3.8) is 0 Å². The van der Waals surface area contributed by atoms with E-state index in [0.29, 0.717) is 4.34 Å². The van der Waals surface area contributed by atoms with Crippen molar-refractivity contribution in [1.82, 2.24) is 15.2 Å². The maximum absolute atomic E-state index is 13.0. The average Bonchev–Trinajstić information content (AvgIpc) is 3.29. The second-order valence-electron chi connectivity index (χ2n) is 6.91. The summed E-state index contributed by atoms with van der Waals surface area (Å²) in [6, 6.07) is 8.12. The van der Waals surface area contributed by atoms with Gasteiger partial charge in [0.1, 0.15) is 23.8 Å². The van der Waals surface area contributed by atoms with Crippen molar-refractivity contribution in [2.24, 2.45) is 0 Å². The van der Waals surface area contributed by atoms with Crippen LogP contribution in [0.4, 0.5) is 0 Å². The number of likely N-dealkylation sites (tertiary alicyclic amines) is 1. The van der Waals surface area contributed by atoms with E-state index in [0.717, 1.165) is 10.5 Å². The number of carbonyl (C=O) groups is 3. The van der Waals surface area contributed by atoms with Crippen LogP contribution >= 0.6 is 67.7 Å². The molecule has 0 saturated carbocycles. The summed E-state index contributed by atoms with van der Waals surface area (Å²) in [4.78, 5) is 43.5. The highest BCUT2D eigenvalue weighted by molar-refractivity contribution is 8.77. The first-order valence-electron chi connectivity index (χ1n) is 9.59. The van der Waals surface area contributed by atoms with Crippen LogP contribution in [-0.4, -0.2) is 54.6 Å². The average molecular weight is 583 g/mol. The number of halogens is 3. The normalized spacial score (nSPS) is 18.7. The Morgan fingerprint density at radius 1 is 1.29 bits per heavy atom. The molecule has 8 nitrogen and oxygen atoms in total. The van der Waals surface area contributed by atoms with Gasteiger partial charge < -0.3 is 15.2 Å². The monoisotopic (exact) mass is 581 g/mol. The minimum Gasteiger partial charge on any atom is -0.510 e. The molecule has 1 aromatic heterocycles. The van der Waals surface area contributed by atoms with E-state index >= 15 is 0 Å². The van der Waals surface area contributed by atoms with Crippen LogP contribution in [0.3, 0.4) is 0 Å². The lowest BCUT2D eigenvalue weighted by Crippen LogP contribution is -2.69. The number of nitrogens with one attached hydrogen (secondary N) is 1. The lowest BCUT2D eigenvalue weighted by Gasteiger charge is -2.46. The van der Waals surface area contributed by atoms with Gasteiger partial charge in [-0.3, -0.25) is 14.5 Å². The summed E-state index contributed by atoms with van der Waals surface area (Å²) in [5, 5.41) is 13.9. The van der Waals surface area contributed by atoms with Crippen molar-refractivity contribution >= 4 is 85.5 Å². The molecule has 0 radical (unpaired) electrons. The number of ether oxygens (including phenoxy) is 1. The molecule has 1 aliphatic heterocycles. The quantitative estimate of drug-likeness (QED) is 0.111. The van der Waals surface area contributed by atoms with E-state index < -0.39 is 45.1 Å². The van der Waals surface area contributed by atoms with Crippen molar-refractivity contribution in [3.8, 4) is 0 Å². The molecule has 1 fully saturated rings. The van der Waals surface area contributed by atoms with E-state index in [1.54, 1.807) is 23.7 Å². The molecular formula is C20H18Cl3N3O5S3. The first kappa shape index (κ1) is 27.0. The van der Waals surface area contributed by atoms with Gasteiger partial charge in [0, 0.05) is 11.6 Å². The van der Waals surface area contributed by atoms with Gasteiger partial charge in [0.15, 0.2) is 10.0 Å². The highest BCUT2D eigenvalue weighted by Gasteiger charge is 2.53. The standard InChI is InChI=1S/C20H18Cl3N3O5S3/c1-11(27)15(18(30)31-10-20(21,22)23)26-16(29)14(17(26)33-34-19-24-7-8-32-19)25-13(28)9-12-5-3-2-4-6-12/h2-8,14,17,27H,9-10H2,1H3,(H,25,28)/b15-11-. The van der Waals surface area contributed by atoms with Crippen LogP contribution in [0.15, 0.2) is 57.7 Å². The van der Waals surface area contributed by atoms with Gasteiger partial charge in [-0.25, -0.2) is 9.78 Å². The Morgan fingerprint density at radius 3 is 2.59 bits per heavy atom. The van der Waals surface area contributed by atoms with Gasteiger partial charge in [-0.1, -0.05) is 75.9 Å². The topological polar surface area (TPSA) is 109 Å². The molecule has 2 unspecified atom stereocenters. The maximum Gasteiger partial charge on any atom is 0.358 e. The number of thiazole rings is 1. The Kier molecular flexibility index (Phi) is 9.41. The number of allylic oxidation sites excluding steroid dienone is 1. The zero-order valence-electron chi connectivity index (χ0n) is 17.4. The fourth-order valence-corrected chi connectivity index (χ4v) is 6.61. The van der Waals surface area contributed by atoms with Crippen molar-refractivity contribution in [3.05, 3.63) is 58.9 Å². The molecule has 2 atom stereocenters. The van der Waals surface area contributed by atoms with Crippen molar-refractivity contribution in [2.75, 3.05) is 6.61 Å². The molecule has 0 spiro atoms. The number of rotatable bonds is 9. The zero-order chi connectivity index (χ0) is 24.9. The summed E-state index contributed by atoms with van der Waals surface area (Å²) in [6.45, 7) is 0.647. The van der Waals surface area contributed by atoms with Crippen LogP contribution in [0.2, 0.25) is 0 Å².